The van der Waals surface area contributed by atoms with Gasteiger partial charge in [-0.15, -0.1) is 0 Å². The molecule has 3 heteroatoms. The van der Waals surface area contributed by atoms with Crippen molar-refractivity contribution in [3.8, 4) is 0 Å². The molecule has 1 aromatic heterocycles. The summed E-state index contributed by atoms with van der Waals surface area (Å²) >= 11 is 5.97. The molecule has 0 aliphatic heterocycles. The summed E-state index contributed by atoms with van der Waals surface area (Å²) in [4.78, 5) is 0. The molecule has 2 aromatic rings. The summed E-state index contributed by atoms with van der Waals surface area (Å²) in [6.45, 7) is 2.04. The molecule has 0 bridgehead atoms. The first-order chi connectivity index (χ1) is 7.66. The summed E-state index contributed by atoms with van der Waals surface area (Å²) in [5.41, 5.74) is 9.52. The second kappa shape index (κ2) is 4.73. The van der Waals surface area contributed by atoms with Gasteiger partial charge in [-0.05, 0) is 48.2 Å². The van der Waals surface area contributed by atoms with Gasteiger partial charge in [0, 0.05) is 11.1 Å². The highest BCUT2D eigenvalue weighted by Gasteiger charge is 2.11. The van der Waals surface area contributed by atoms with Crippen LogP contribution < -0.4 is 5.73 Å². The van der Waals surface area contributed by atoms with Crippen LogP contribution in [0.3, 0.4) is 0 Å². The summed E-state index contributed by atoms with van der Waals surface area (Å²) < 4.78 is 5.02. The summed E-state index contributed by atoms with van der Waals surface area (Å²) in [6.07, 6.45) is 4.14. The summed E-state index contributed by atoms with van der Waals surface area (Å²) in [5.74, 6) is 0. The molecule has 1 aromatic carbocycles. The Kier molecular flexibility index (Phi) is 3.32. The van der Waals surface area contributed by atoms with Crippen molar-refractivity contribution in [2.24, 2.45) is 5.73 Å². The van der Waals surface area contributed by atoms with Crippen LogP contribution in [-0.2, 0) is 6.42 Å². The second-order valence-electron chi connectivity index (χ2n) is 3.94. The molecule has 0 saturated carbocycles. The Morgan fingerprint density at radius 1 is 1.38 bits per heavy atom. The van der Waals surface area contributed by atoms with E-state index in [1.54, 1.807) is 12.5 Å². The van der Waals surface area contributed by atoms with Crippen LogP contribution in [-0.4, -0.2) is 0 Å². The number of furan rings is 1. The van der Waals surface area contributed by atoms with Crippen LogP contribution in [0.15, 0.2) is 41.2 Å². The fraction of sp³-hybridized carbons (Fsp3) is 0.231. The molecule has 0 radical (unpaired) electrons. The minimum atomic E-state index is -0.0451. The van der Waals surface area contributed by atoms with Crippen LogP contribution in [0.4, 0.5) is 0 Å². The molecule has 1 unspecified atom stereocenters. The largest absolute Gasteiger partial charge is 0.472 e. The van der Waals surface area contributed by atoms with E-state index >= 15 is 0 Å². The number of rotatable bonds is 3. The maximum atomic E-state index is 6.16. The molecule has 1 atom stereocenters. The molecule has 16 heavy (non-hydrogen) atoms. The molecule has 2 nitrogen and oxygen atoms in total. The summed E-state index contributed by atoms with van der Waals surface area (Å²) in [7, 11) is 0. The van der Waals surface area contributed by atoms with Crippen LogP contribution in [0.25, 0.3) is 0 Å². The van der Waals surface area contributed by atoms with Crippen LogP contribution >= 0.6 is 11.6 Å². The van der Waals surface area contributed by atoms with E-state index in [1.165, 1.54) is 5.56 Å². The predicted molar refractivity (Wildman–Crippen MR) is 65.5 cm³/mol. The van der Waals surface area contributed by atoms with Gasteiger partial charge in [0.2, 0.25) is 0 Å². The van der Waals surface area contributed by atoms with Crippen LogP contribution in [0.1, 0.15) is 22.7 Å². The monoisotopic (exact) mass is 235 g/mol. The number of hydrogen-bond acceptors (Lipinski definition) is 2. The Morgan fingerprint density at radius 2 is 2.19 bits per heavy atom. The van der Waals surface area contributed by atoms with E-state index < -0.39 is 0 Å². The van der Waals surface area contributed by atoms with Gasteiger partial charge in [0.25, 0.3) is 0 Å². The topological polar surface area (TPSA) is 39.2 Å². The zero-order valence-corrected chi connectivity index (χ0v) is 9.87. The minimum Gasteiger partial charge on any atom is -0.472 e. The van der Waals surface area contributed by atoms with Gasteiger partial charge in [-0.25, -0.2) is 0 Å². The fourth-order valence-corrected chi connectivity index (χ4v) is 1.96. The van der Waals surface area contributed by atoms with Crippen molar-refractivity contribution in [2.45, 2.75) is 19.4 Å². The lowest BCUT2D eigenvalue weighted by atomic mass is 9.97. The molecule has 0 fully saturated rings. The van der Waals surface area contributed by atoms with Gasteiger partial charge >= 0.3 is 0 Å². The Morgan fingerprint density at radius 3 is 2.88 bits per heavy atom. The first kappa shape index (κ1) is 11.2. The van der Waals surface area contributed by atoms with Gasteiger partial charge in [0.1, 0.15) is 0 Å². The Balaban J connectivity index is 2.20. The zero-order valence-electron chi connectivity index (χ0n) is 9.11. The standard InChI is InChI=1S/C13H14ClNO/c1-9-2-3-11(14)7-12(9)13(15)6-10-4-5-16-8-10/h2-5,7-8,13H,6,15H2,1H3. The van der Waals surface area contributed by atoms with Crippen molar-refractivity contribution in [1.82, 2.24) is 0 Å². The lowest BCUT2D eigenvalue weighted by molar-refractivity contribution is 0.561. The smallest absolute Gasteiger partial charge is 0.0935 e. The van der Waals surface area contributed by atoms with E-state index in [0.29, 0.717) is 0 Å². The maximum absolute atomic E-state index is 6.16. The second-order valence-corrected chi connectivity index (χ2v) is 4.38. The molecule has 84 valence electrons. The lowest BCUT2D eigenvalue weighted by Crippen LogP contribution is -2.14. The highest BCUT2D eigenvalue weighted by Crippen LogP contribution is 2.23. The van der Waals surface area contributed by atoms with Crippen molar-refractivity contribution in [3.63, 3.8) is 0 Å². The molecular weight excluding hydrogens is 222 g/mol. The average Bonchev–Trinajstić information content (AvgIpc) is 2.74. The van der Waals surface area contributed by atoms with Crippen molar-refractivity contribution < 1.29 is 4.42 Å². The summed E-state index contributed by atoms with van der Waals surface area (Å²) in [6, 6.07) is 7.69. The van der Waals surface area contributed by atoms with Crippen molar-refractivity contribution in [3.05, 3.63) is 58.5 Å². The van der Waals surface area contributed by atoms with E-state index in [1.807, 2.05) is 31.2 Å². The fourth-order valence-electron chi connectivity index (χ4n) is 1.78. The number of benzene rings is 1. The third kappa shape index (κ3) is 2.46. The summed E-state index contributed by atoms with van der Waals surface area (Å²) in [5, 5.41) is 0.725. The SMILES string of the molecule is Cc1ccc(Cl)cc1C(N)Cc1ccoc1. The van der Waals surface area contributed by atoms with Gasteiger partial charge in [0.05, 0.1) is 12.5 Å². The zero-order chi connectivity index (χ0) is 11.5. The highest BCUT2D eigenvalue weighted by atomic mass is 35.5. The molecule has 0 aliphatic carbocycles. The lowest BCUT2D eigenvalue weighted by Gasteiger charge is -2.14. The van der Waals surface area contributed by atoms with Gasteiger partial charge < -0.3 is 10.2 Å². The molecule has 2 N–H and O–H groups in total. The predicted octanol–water partition coefficient (Wildman–Crippen LogP) is 3.48. The molecule has 0 spiro atoms. The quantitative estimate of drug-likeness (QED) is 0.885. The Labute approximate surface area is 100 Å². The first-order valence-corrected chi connectivity index (χ1v) is 5.57. The normalized spacial score (nSPS) is 12.7. The van der Waals surface area contributed by atoms with Crippen LogP contribution in [0, 0.1) is 6.92 Å². The molecule has 0 aliphatic rings. The minimum absolute atomic E-state index is 0.0451. The van der Waals surface area contributed by atoms with Crippen molar-refractivity contribution in [1.29, 1.82) is 0 Å². The number of hydrogen-bond donors (Lipinski definition) is 1. The van der Waals surface area contributed by atoms with Gasteiger partial charge in [-0.1, -0.05) is 17.7 Å². The van der Waals surface area contributed by atoms with E-state index in [2.05, 4.69) is 0 Å². The van der Waals surface area contributed by atoms with E-state index in [-0.39, 0.29) is 6.04 Å². The first-order valence-electron chi connectivity index (χ1n) is 5.19. The molecule has 0 saturated heterocycles. The Bertz CT molecular complexity index is 465. The third-order valence-electron chi connectivity index (χ3n) is 2.68. The molecular formula is C13H14ClNO. The van der Waals surface area contributed by atoms with Gasteiger partial charge in [-0.2, -0.15) is 0 Å². The third-order valence-corrected chi connectivity index (χ3v) is 2.91. The van der Waals surface area contributed by atoms with E-state index in [4.69, 9.17) is 21.8 Å². The number of aryl methyl sites for hydroxylation is 1. The van der Waals surface area contributed by atoms with Crippen LogP contribution in [0.2, 0.25) is 5.02 Å². The maximum Gasteiger partial charge on any atom is 0.0935 e. The molecule has 2 rings (SSSR count). The highest BCUT2D eigenvalue weighted by molar-refractivity contribution is 6.30. The van der Waals surface area contributed by atoms with Crippen LogP contribution in [0.5, 0.6) is 0 Å². The molecule has 1 heterocycles. The Hall–Kier alpha value is -1.25. The van der Waals surface area contributed by atoms with Crippen molar-refractivity contribution in [2.75, 3.05) is 0 Å². The number of nitrogens with two attached hydrogens (primary N) is 1. The van der Waals surface area contributed by atoms with E-state index in [9.17, 15) is 0 Å². The van der Waals surface area contributed by atoms with Gasteiger partial charge in [-0.3, -0.25) is 0 Å². The number of halogens is 1. The average molecular weight is 236 g/mol. The molecule has 0 amide bonds. The van der Waals surface area contributed by atoms with Crippen molar-refractivity contribution >= 4 is 11.6 Å². The van der Waals surface area contributed by atoms with E-state index in [0.717, 1.165) is 22.6 Å². The van der Waals surface area contributed by atoms with Gasteiger partial charge in [0.15, 0.2) is 0 Å².